The lowest BCUT2D eigenvalue weighted by Gasteiger charge is -2.38. The van der Waals surface area contributed by atoms with Gasteiger partial charge in [-0.3, -0.25) is 9.52 Å². The summed E-state index contributed by atoms with van der Waals surface area (Å²) in [7, 11) is -2.47. The van der Waals surface area contributed by atoms with Crippen molar-refractivity contribution in [3.63, 3.8) is 0 Å². The molecule has 3 aromatic carbocycles. The molecule has 0 spiro atoms. The second-order valence-corrected chi connectivity index (χ2v) is 12.5. The molecule has 0 radical (unpaired) electrons. The van der Waals surface area contributed by atoms with Crippen LogP contribution in [0.3, 0.4) is 0 Å². The van der Waals surface area contributed by atoms with E-state index in [9.17, 15) is 27.5 Å². The number of ether oxygens (including phenoxy) is 3. The first kappa shape index (κ1) is 30.9. The molecule has 3 amide bonds. The van der Waals surface area contributed by atoms with Gasteiger partial charge >= 0.3 is 6.03 Å². The van der Waals surface area contributed by atoms with Gasteiger partial charge in [0.1, 0.15) is 17.7 Å². The molecular formula is C30H33FN4O8S. The zero-order valence-corrected chi connectivity index (χ0v) is 25.1. The second kappa shape index (κ2) is 12.6. The third-order valence-corrected chi connectivity index (χ3v) is 8.86. The van der Waals surface area contributed by atoms with Crippen molar-refractivity contribution >= 4 is 33.3 Å². The molecule has 14 heteroatoms. The van der Waals surface area contributed by atoms with Gasteiger partial charge in [-0.25, -0.2) is 17.6 Å². The lowest BCUT2D eigenvalue weighted by molar-refractivity contribution is 0.0371. The van der Waals surface area contributed by atoms with Gasteiger partial charge in [-0.15, -0.1) is 0 Å². The third kappa shape index (κ3) is 6.65. The summed E-state index contributed by atoms with van der Waals surface area (Å²) in [5, 5.41) is 12.7. The number of hydrogen-bond acceptors (Lipinski definition) is 8. The standard InChI is InChI=1S/C30H33FN4O8S/c1-18-14-35(19(2)16-36)29(37)24-12-22(33-44(39,40)23-8-4-20(31)5-9-23)7-10-25(24)43-28(18)15-34(3)30(38)32-21-6-11-26-27(13-21)42-17-41-26/h4-13,18-19,28,33,36H,14-17H2,1-3H3,(H,32,38)/t18-,19-,28+/m0/s1. The molecule has 3 N–H and O–H groups in total. The number of urea groups is 1. The van der Waals surface area contributed by atoms with Gasteiger partial charge in [-0.05, 0) is 61.5 Å². The van der Waals surface area contributed by atoms with E-state index in [0.29, 0.717) is 17.2 Å². The maximum Gasteiger partial charge on any atom is 0.321 e. The van der Waals surface area contributed by atoms with Gasteiger partial charge in [0.25, 0.3) is 15.9 Å². The van der Waals surface area contributed by atoms with Gasteiger partial charge in [-0.2, -0.15) is 0 Å². The van der Waals surface area contributed by atoms with Crippen LogP contribution in [0.2, 0.25) is 0 Å². The van der Waals surface area contributed by atoms with Crippen molar-refractivity contribution in [2.45, 2.75) is 30.9 Å². The molecule has 44 heavy (non-hydrogen) atoms. The van der Waals surface area contributed by atoms with Gasteiger partial charge in [0.05, 0.1) is 29.7 Å². The molecule has 2 aliphatic heterocycles. The van der Waals surface area contributed by atoms with Crippen molar-refractivity contribution in [1.82, 2.24) is 9.80 Å². The second-order valence-electron chi connectivity index (χ2n) is 10.8. The van der Waals surface area contributed by atoms with Crippen LogP contribution < -0.4 is 24.2 Å². The summed E-state index contributed by atoms with van der Waals surface area (Å²) in [6.45, 7) is 3.75. The Balaban J connectivity index is 1.38. The Morgan fingerprint density at radius 1 is 1.07 bits per heavy atom. The number of rotatable bonds is 8. The van der Waals surface area contributed by atoms with Gasteiger partial charge < -0.3 is 34.4 Å². The number of nitrogens with zero attached hydrogens (tertiary/aromatic N) is 2. The number of anilines is 2. The lowest BCUT2D eigenvalue weighted by atomic mass is 9.99. The number of amides is 3. The number of aliphatic hydroxyl groups excluding tert-OH is 1. The van der Waals surface area contributed by atoms with Gasteiger partial charge in [-0.1, -0.05) is 6.92 Å². The van der Waals surface area contributed by atoms with Crippen LogP contribution in [0.15, 0.2) is 65.6 Å². The van der Waals surface area contributed by atoms with E-state index in [1.165, 1.54) is 28.0 Å². The minimum atomic E-state index is -4.09. The number of nitrogens with one attached hydrogen (secondary N) is 2. The molecule has 0 fully saturated rings. The van der Waals surface area contributed by atoms with Crippen molar-refractivity contribution in [2.75, 3.05) is 43.6 Å². The molecule has 2 heterocycles. The highest BCUT2D eigenvalue weighted by molar-refractivity contribution is 7.92. The monoisotopic (exact) mass is 628 g/mol. The predicted molar refractivity (Wildman–Crippen MR) is 159 cm³/mol. The number of benzene rings is 3. The molecule has 0 aliphatic carbocycles. The van der Waals surface area contributed by atoms with Crippen LogP contribution in [0.5, 0.6) is 17.2 Å². The molecule has 0 bridgehead atoms. The lowest BCUT2D eigenvalue weighted by Crippen LogP contribution is -2.50. The highest BCUT2D eigenvalue weighted by atomic mass is 32.2. The van der Waals surface area contributed by atoms with Crippen LogP contribution in [-0.4, -0.2) is 80.9 Å². The van der Waals surface area contributed by atoms with Crippen LogP contribution in [-0.2, 0) is 10.0 Å². The van der Waals surface area contributed by atoms with Crippen molar-refractivity contribution in [2.24, 2.45) is 5.92 Å². The molecule has 5 rings (SSSR count). The van der Waals surface area contributed by atoms with Crippen molar-refractivity contribution in [1.29, 1.82) is 0 Å². The van der Waals surface area contributed by atoms with E-state index in [1.807, 2.05) is 6.92 Å². The van der Waals surface area contributed by atoms with Gasteiger partial charge in [0.15, 0.2) is 11.5 Å². The first-order valence-electron chi connectivity index (χ1n) is 13.9. The van der Waals surface area contributed by atoms with Crippen LogP contribution in [0.4, 0.5) is 20.6 Å². The topological polar surface area (TPSA) is 147 Å². The molecule has 0 unspecified atom stereocenters. The summed E-state index contributed by atoms with van der Waals surface area (Å²) in [5.41, 5.74) is 0.688. The Morgan fingerprint density at radius 3 is 2.48 bits per heavy atom. The summed E-state index contributed by atoms with van der Waals surface area (Å²) in [6, 6.07) is 12.8. The average Bonchev–Trinajstić information content (AvgIpc) is 3.47. The number of carbonyl (C=O) groups excluding carboxylic acids is 2. The van der Waals surface area contributed by atoms with E-state index < -0.39 is 39.9 Å². The van der Waals surface area contributed by atoms with Crippen molar-refractivity contribution in [3.05, 3.63) is 72.0 Å². The number of carbonyl (C=O) groups is 2. The fourth-order valence-corrected chi connectivity index (χ4v) is 5.93. The van der Waals surface area contributed by atoms with Crippen molar-refractivity contribution < 1.29 is 41.7 Å². The largest absolute Gasteiger partial charge is 0.487 e. The van der Waals surface area contributed by atoms with E-state index in [4.69, 9.17) is 14.2 Å². The SMILES string of the molecule is C[C@H]1CN([C@@H](C)CO)C(=O)c2cc(NS(=O)(=O)c3ccc(F)cc3)ccc2O[C@@H]1CN(C)C(=O)Nc1ccc2c(c1)OCO2. The summed E-state index contributed by atoms with van der Waals surface area (Å²) in [6.07, 6.45) is -0.579. The Morgan fingerprint density at radius 2 is 1.75 bits per heavy atom. The van der Waals surface area contributed by atoms with Gasteiger partial charge in [0, 0.05) is 37.0 Å². The van der Waals surface area contributed by atoms with E-state index in [-0.39, 0.29) is 54.3 Å². The maximum absolute atomic E-state index is 13.7. The molecule has 3 aromatic rings. The molecule has 0 saturated carbocycles. The fourth-order valence-electron chi connectivity index (χ4n) is 4.88. The summed E-state index contributed by atoms with van der Waals surface area (Å²) >= 11 is 0. The maximum atomic E-state index is 13.7. The number of fused-ring (bicyclic) bond motifs is 2. The van der Waals surface area contributed by atoms with Crippen LogP contribution >= 0.6 is 0 Å². The Labute approximate surface area is 254 Å². The zero-order chi connectivity index (χ0) is 31.6. The van der Waals surface area contributed by atoms with Crippen LogP contribution in [0, 0.1) is 11.7 Å². The fraction of sp³-hybridized carbons (Fsp3) is 0.333. The number of sulfonamides is 1. The van der Waals surface area contributed by atoms with E-state index in [1.54, 1.807) is 32.2 Å². The quantitative estimate of drug-likeness (QED) is 0.342. The van der Waals surface area contributed by atoms with E-state index in [0.717, 1.165) is 24.3 Å². The first-order valence-corrected chi connectivity index (χ1v) is 15.4. The number of hydrogen-bond donors (Lipinski definition) is 3. The van der Waals surface area contributed by atoms with E-state index >= 15 is 0 Å². The smallest absolute Gasteiger partial charge is 0.321 e. The normalized spacial score (nSPS) is 18.4. The molecular weight excluding hydrogens is 595 g/mol. The summed E-state index contributed by atoms with van der Waals surface area (Å²) < 4.78 is 58.6. The van der Waals surface area contributed by atoms with E-state index in [2.05, 4.69) is 10.0 Å². The molecule has 3 atom stereocenters. The first-order chi connectivity index (χ1) is 20.9. The zero-order valence-electron chi connectivity index (χ0n) is 24.3. The van der Waals surface area contributed by atoms with Gasteiger partial charge in [0.2, 0.25) is 6.79 Å². The molecule has 12 nitrogen and oxygen atoms in total. The minimum Gasteiger partial charge on any atom is -0.487 e. The van der Waals surface area contributed by atoms with Crippen LogP contribution in [0.1, 0.15) is 24.2 Å². The summed E-state index contributed by atoms with van der Waals surface area (Å²) in [4.78, 5) is 29.6. The van der Waals surface area contributed by atoms with Crippen LogP contribution in [0.25, 0.3) is 0 Å². The average molecular weight is 629 g/mol. The third-order valence-electron chi connectivity index (χ3n) is 7.47. The summed E-state index contributed by atoms with van der Waals surface area (Å²) in [5.74, 6) is 0.0133. The molecule has 2 aliphatic rings. The Bertz CT molecular complexity index is 1650. The number of aliphatic hydroxyl groups is 1. The Hall–Kier alpha value is -4.56. The Kier molecular flexibility index (Phi) is 8.83. The number of halogens is 1. The molecule has 234 valence electrons. The minimum absolute atomic E-state index is 0.0778. The predicted octanol–water partition coefficient (Wildman–Crippen LogP) is 3.74. The number of likely N-dealkylation sites (N-methyl/N-ethyl adjacent to an activating group) is 1. The highest BCUT2D eigenvalue weighted by Crippen LogP contribution is 2.35. The molecule has 0 aromatic heterocycles. The molecule has 0 saturated heterocycles. The van der Waals surface area contributed by atoms with Crippen molar-refractivity contribution in [3.8, 4) is 17.2 Å². The highest BCUT2D eigenvalue weighted by Gasteiger charge is 2.34.